The number of sulfonamides is 1. The first-order chi connectivity index (χ1) is 21.5. The van der Waals surface area contributed by atoms with E-state index in [1.165, 1.54) is 11.1 Å². The molecule has 3 aliphatic rings. The summed E-state index contributed by atoms with van der Waals surface area (Å²) in [6.45, 7) is 7.88. The fraction of sp³-hybridized carbons (Fsp3) is 0.629. The van der Waals surface area contributed by atoms with Gasteiger partial charge in [0.1, 0.15) is 5.75 Å². The molecule has 1 amide bonds. The summed E-state index contributed by atoms with van der Waals surface area (Å²) >= 11 is 6.45. The molecule has 2 aromatic carbocycles. The topological polar surface area (TPSA) is 105 Å². The Labute approximate surface area is 273 Å². The molecule has 10 heteroatoms. The van der Waals surface area contributed by atoms with Crippen LogP contribution in [0.1, 0.15) is 93.6 Å². The van der Waals surface area contributed by atoms with Gasteiger partial charge in [0, 0.05) is 36.2 Å². The van der Waals surface area contributed by atoms with Gasteiger partial charge in [0.25, 0.3) is 5.91 Å². The Balaban J connectivity index is 1.60. The van der Waals surface area contributed by atoms with Crippen molar-refractivity contribution in [3.63, 3.8) is 0 Å². The maximum absolute atomic E-state index is 13.4. The molecule has 0 saturated heterocycles. The summed E-state index contributed by atoms with van der Waals surface area (Å²) in [5.74, 6) is 0.454. The van der Waals surface area contributed by atoms with E-state index < -0.39 is 32.2 Å². The van der Waals surface area contributed by atoms with Crippen molar-refractivity contribution in [1.82, 2.24) is 4.72 Å². The summed E-state index contributed by atoms with van der Waals surface area (Å²) < 4.78 is 41.7. The lowest BCUT2D eigenvalue weighted by atomic mass is 9.63. The van der Waals surface area contributed by atoms with Gasteiger partial charge in [-0.15, -0.1) is 0 Å². The second-order valence-electron chi connectivity index (χ2n) is 13.6. The number of nitrogens with one attached hydrogen (secondary N) is 1. The lowest BCUT2D eigenvalue weighted by molar-refractivity contribution is -0.141. The van der Waals surface area contributed by atoms with E-state index in [1.807, 2.05) is 13.0 Å². The summed E-state index contributed by atoms with van der Waals surface area (Å²) in [6.07, 6.45) is 6.73. The number of methoxy groups -OCH3 is 1. The molecule has 1 aliphatic carbocycles. The summed E-state index contributed by atoms with van der Waals surface area (Å²) in [5, 5.41) is 10.7. The Morgan fingerprint density at radius 3 is 2.60 bits per heavy atom. The van der Waals surface area contributed by atoms with Gasteiger partial charge in [0.05, 0.1) is 29.8 Å². The number of aryl methyl sites for hydroxylation is 1. The molecule has 0 unspecified atom stereocenters. The van der Waals surface area contributed by atoms with Crippen molar-refractivity contribution in [3.05, 3.63) is 58.1 Å². The summed E-state index contributed by atoms with van der Waals surface area (Å²) in [6, 6.07) is 11.3. The second kappa shape index (κ2) is 13.8. The van der Waals surface area contributed by atoms with Gasteiger partial charge in [-0.1, -0.05) is 57.7 Å². The van der Waals surface area contributed by atoms with Crippen molar-refractivity contribution in [2.24, 2.45) is 11.8 Å². The Bertz CT molecular complexity index is 1480. The van der Waals surface area contributed by atoms with E-state index in [4.69, 9.17) is 21.1 Å². The van der Waals surface area contributed by atoms with Gasteiger partial charge < -0.3 is 19.5 Å². The van der Waals surface area contributed by atoms with E-state index in [2.05, 4.69) is 35.6 Å². The fourth-order valence-electron chi connectivity index (χ4n) is 7.88. The largest absolute Gasteiger partial charge is 0.490 e. The minimum absolute atomic E-state index is 0.0804. The van der Waals surface area contributed by atoms with E-state index in [0.717, 1.165) is 37.8 Å². The maximum Gasteiger partial charge on any atom is 0.264 e. The van der Waals surface area contributed by atoms with Gasteiger partial charge in [-0.2, -0.15) is 0 Å². The molecule has 0 spiro atoms. The van der Waals surface area contributed by atoms with Crippen molar-refractivity contribution in [2.45, 2.75) is 94.8 Å². The molecule has 1 fully saturated rings. The van der Waals surface area contributed by atoms with Crippen molar-refractivity contribution >= 4 is 33.2 Å². The third-order valence-corrected chi connectivity index (χ3v) is 12.8. The molecule has 5 atom stereocenters. The third kappa shape index (κ3) is 6.87. The van der Waals surface area contributed by atoms with Crippen LogP contribution in [0.25, 0.3) is 0 Å². The number of amides is 1. The number of carbonyl (C=O) groups is 1. The van der Waals surface area contributed by atoms with Crippen LogP contribution in [0.3, 0.4) is 0 Å². The smallest absolute Gasteiger partial charge is 0.264 e. The predicted octanol–water partition coefficient (Wildman–Crippen LogP) is 6.27. The van der Waals surface area contributed by atoms with Gasteiger partial charge >= 0.3 is 0 Å². The molecule has 45 heavy (non-hydrogen) atoms. The van der Waals surface area contributed by atoms with E-state index in [1.54, 1.807) is 25.3 Å². The van der Waals surface area contributed by atoms with Gasteiger partial charge in [-0.05, 0) is 91.8 Å². The summed E-state index contributed by atoms with van der Waals surface area (Å²) in [4.78, 5) is 15.8. The van der Waals surface area contributed by atoms with Crippen LogP contribution in [-0.4, -0.2) is 63.7 Å². The van der Waals surface area contributed by atoms with E-state index in [0.29, 0.717) is 56.2 Å². The van der Waals surface area contributed by atoms with Crippen LogP contribution >= 0.6 is 11.6 Å². The molecule has 2 bridgehead atoms. The molecular weight excluding hydrogens is 612 g/mol. The molecule has 0 aromatic heterocycles. The first-order valence-corrected chi connectivity index (χ1v) is 18.4. The highest BCUT2D eigenvalue weighted by atomic mass is 35.5. The lowest BCUT2D eigenvalue weighted by Gasteiger charge is -2.50. The van der Waals surface area contributed by atoms with Crippen LogP contribution in [0.4, 0.5) is 5.69 Å². The SMILES string of the molecule is CCCc1cc(Cl)ccc1[C@]1(C)COc2ccc3cc2N(C[C@@H]2CC[C@H]2[C@@](CO)(OC)CCCC[C@@H](CC)S(=O)(=O)NC3=O)C1. The van der Waals surface area contributed by atoms with Gasteiger partial charge in [0.2, 0.25) is 10.0 Å². The standard InChI is InChI=1S/C35H49ClN2O6S/c1-5-9-24-18-27(36)13-15-29(24)34(3)21-38-20-26-11-14-30(26)35(22-39,43-4)17-8-7-10-28(6-2)45(41,42)37-33(40)25-12-16-32(44-23-34)31(38)19-25/h12-13,15-16,18-19,26,28,30,39H,5-11,14,17,20-23H2,1-4H3,(H,37,40)/t26-,28+,30+,34-,35+/m0/s1. The number of hydrogen-bond acceptors (Lipinski definition) is 7. The molecule has 1 saturated carbocycles. The number of nitrogens with zero attached hydrogens (tertiary/aromatic N) is 1. The average molecular weight is 661 g/mol. The highest BCUT2D eigenvalue weighted by Gasteiger charge is 2.49. The average Bonchev–Trinajstić information content (AvgIpc) is 3.14. The first kappa shape index (κ1) is 34.0. The molecule has 2 heterocycles. The molecule has 2 aromatic rings. The first-order valence-electron chi connectivity index (χ1n) is 16.5. The van der Waals surface area contributed by atoms with Crippen molar-refractivity contribution < 1.29 is 27.8 Å². The molecule has 0 radical (unpaired) electrons. The van der Waals surface area contributed by atoms with Crippen LogP contribution in [0.5, 0.6) is 5.75 Å². The Morgan fingerprint density at radius 1 is 1.13 bits per heavy atom. The number of anilines is 1. The number of hydrogen-bond donors (Lipinski definition) is 2. The highest BCUT2D eigenvalue weighted by molar-refractivity contribution is 7.90. The van der Waals surface area contributed by atoms with Crippen molar-refractivity contribution in [2.75, 3.05) is 38.3 Å². The van der Waals surface area contributed by atoms with Crippen LogP contribution in [0, 0.1) is 11.8 Å². The number of ether oxygens (including phenoxy) is 2. The van der Waals surface area contributed by atoms with Crippen LogP contribution in [0.15, 0.2) is 36.4 Å². The normalized spacial score (nSPS) is 30.3. The number of benzene rings is 2. The zero-order chi connectivity index (χ0) is 32.4. The van der Waals surface area contributed by atoms with Crippen LogP contribution in [-0.2, 0) is 26.6 Å². The number of rotatable bonds is 6. The Kier molecular flexibility index (Phi) is 10.4. The van der Waals surface area contributed by atoms with Crippen molar-refractivity contribution in [3.8, 4) is 5.75 Å². The predicted molar refractivity (Wildman–Crippen MR) is 179 cm³/mol. The highest BCUT2D eigenvalue weighted by Crippen LogP contribution is 2.48. The third-order valence-electron chi connectivity index (χ3n) is 10.6. The van der Waals surface area contributed by atoms with E-state index in [9.17, 15) is 18.3 Å². The quantitative estimate of drug-likeness (QED) is 0.377. The summed E-state index contributed by atoms with van der Waals surface area (Å²) in [5.41, 5.74) is 2.36. The minimum Gasteiger partial charge on any atom is -0.490 e. The van der Waals surface area contributed by atoms with Crippen molar-refractivity contribution in [1.29, 1.82) is 0 Å². The van der Waals surface area contributed by atoms with Crippen LogP contribution < -0.4 is 14.4 Å². The summed E-state index contributed by atoms with van der Waals surface area (Å²) in [7, 11) is -2.21. The molecule has 2 aliphatic heterocycles. The zero-order valence-corrected chi connectivity index (χ0v) is 28.7. The molecule has 248 valence electrons. The maximum atomic E-state index is 13.4. The molecule has 8 nitrogen and oxygen atoms in total. The second-order valence-corrected chi connectivity index (χ2v) is 16.0. The van der Waals surface area contributed by atoms with Gasteiger partial charge in [0.15, 0.2) is 0 Å². The Morgan fingerprint density at radius 2 is 1.93 bits per heavy atom. The molecule has 5 rings (SSSR count). The number of carbonyl (C=O) groups excluding carboxylic acids is 1. The van der Waals surface area contributed by atoms with E-state index in [-0.39, 0.29) is 24.0 Å². The lowest BCUT2D eigenvalue weighted by Crippen LogP contribution is -2.55. The minimum atomic E-state index is -3.89. The number of aliphatic hydroxyl groups excluding tert-OH is 1. The molecular formula is C35H49ClN2O6S. The number of fused-ring (bicyclic) bond motifs is 2. The van der Waals surface area contributed by atoms with Crippen LogP contribution in [0.2, 0.25) is 5.02 Å². The number of halogens is 1. The Hall–Kier alpha value is -2.33. The zero-order valence-electron chi connectivity index (χ0n) is 27.1. The van der Waals surface area contributed by atoms with Gasteiger partial charge in [-0.3, -0.25) is 4.79 Å². The van der Waals surface area contributed by atoms with E-state index >= 15 is 0 Å². The fourth-order valence-corrected chi connectivity index (χ4v) is 9.53. The molecule has 2 N–H and O–H groups in total. The van der Waals surface area contributed by atoms with Gasteiger partial charge in [-0.25, -0.2) is 13.1 Å². The monoisotopic (exact) mass is 660 g/mol. The number of aliphatic hydroxyl groups is 1.